The predicted octanol–water partition coefficient (Wildman–Crippen LogP) is 5.16. The van der Waals surface area contributed by atoms with Crippen LogP contribution in [-0.2, 0) is 32.3 Å². The smallest absolute Gasteiger partial charge is 0.378 e. The topological polar surface area (TPSA) is 91.8 Å². The lowest BCUT2D eigenvalue weighted by molar-refractivity contribution is -0.137. The number of rotatable bonds is 9. The molecule has 3 heterocycles. The van der Waals surface area contributed by atoms with Crippen molar-refractivity contribution in [3.8, 4) is 11.3 Å². The Morgan fingerprint density at radius 1 is 1.18 bits per heavy atom. The van der Waals surface area contributed by atoms with Crippen LogP contribution >= 0.6 is 22.9 Å². The molecule has 1 aliphatic heterocycles. The largest absolute Gasteiger partial charge is 0.416 e. The Balaban J connectivity index is 1.57. The van der Waals surface area contributed by atoms with Crippen molar-refractivity contribution in [1.29, 1.82) is 0 Å². The number of nitrogens with one attached hydrogen (secondary N) is 1. The molecule has 1 N–H and O–H groups in total. The average Bonchev–Trinajstić information content (AvgIpc) is 3.39. The van der Waals surface area contributed by atoms with E-state index >= 15 is 0 Å². The molecule has 1 fully saturated rings. The summed E-state index contributed by atoms with van der Waals surface area (Å²) in [7, 11) is -4.04. The van der Waals surface area contributed by atoms with E-state index in [9.17, 15) is 26.4 Å². The van der Waals surface area contributed by atoms with E-state index in [-0.39, 0.29) is 23.0 Å². The van der Waals surface area contributed by atoms with Crippen LogP contribution in [0.4, 0.5) is 19.0 Å². The SMILES string of the molecule is C=C(C(=O)NCc1cc(-c2ccc(C(F)(F)F)cc2)nc(N2CCOCC2)c1)N(CC)S(=O)(=O)c1ccc(Cl)s1. The molecule has 0 radical (unpaired) electrons. The number of likely N-dealkylation sites (N-methyl/N-ethyl adjacent to an activating group) is 1. The van der Waals surface area contributed by atoms with E-state index in [0.717, 1.165) is 27.8 Å². The number of anilines is 1. The molecule has 0 aliphatic carbocycles. The van der Waals surface area contributed by atoms with Gasteiger partial charge in [-0.15, -0.1) is 11.3 Å². The normalized spacial score (nSPS) is 14.2. The maximum absolute atomic E-state index is 13.1. The first kappa shape index (κ1) is 29.8. The molecule has 0 bridgehead atoms. The molecular weight excluding hydrogens is 589 g/mol. The fraction of sp³-hybridized carbons (Fsp3) is 0.308. The first-order valence-electron chi connectivity index (χ1n) is 12.2. The molecule has 8 nitrogen and oxygen atoms in total. The lowest BCUT2D eigenvalue weighted by Crippen LogP contribution is -2.38. The lowest BCUT2D eigenvalue weighted by atomic mass is 10.1. The number of nitrogens with zero attached hydrogens (tertiary/aromatic N) is 3. The van der Waals surface area contributed by atoms with Gasteiger partial charge in [0, 0.05) is 31.7 Å². The van der Waals surface area contributed by atoms with Gasteiger partial charge < -0.3 is 15.0 Å². The maximum atomic E-state index is 13.1. The highest BCUT2D eigenvalue weighted by Gasteiger charge is 2.31. The van der Waals surface area contributed by atoms with Gasteiger partial charge in [-0.1, -0.05) is 30.3 Å². The number of sulfonamides is 1. The Labute approximate surface area is 239 Å². The Morgan fingerprint density at radius 3 is 2.42 bits per heavy atom. The quantitative estimate of drug-likeness (QED) is 0.335. The Bertz CT molecular complexity index is 1490. The summed E-state index contributed by atoms with van der Waals surface area (Å²) in [5, 5.41) is 2.69. The van der Waals surface area contributed by atoms with E-state index in [1.54, 1.807) is 19.1 Å². The first-order chi connectivity index (χ1) is 18.9. The lowest BCUT2D eigenvalue weighted by Gasteiger charge is -2.28. The third-order valence-corrected chi connectivity index (χ3v) is 9.72. The van der Waals surface area contributed by atoms with Crippen molar-refractivity contribution in [2.75, 3.05) is 37.7 Å². The number of carbonyl (C=O) groups is 1. The van der Waals surface area contributed by atoms with Crippen molar-refractivity contribution in [2.24, 2.45) is 0 Å². The highest BCUT2D eigenvalue weighted by atomic mass is 35.5. The van der Waals surface area contributed by atoms with Crippen LogP contribution < -0.4 is 10.2 Å². The third-order valence-electron chi connectivity index (χ3n) is 6.11. The number of carbonyl (C=O) groups excluding carboxylic acids is 1. The second-order valence-corrected chi connectivity index (χ2v) is 12.6. The van der Waals surface area contributed by atoms with Gasteiger partial charge in [0.05, 0.1) is 28.8 Å². The standard InChI is InChI=1S/C26H26ClF3N4O4S2/c1-3-34(40(36,37)24-9-8-22(27)39-24)17(2)25(35)31-16-18-14-21(19-4-6-20(7-5-19)26(28,29)30)32-23(15-18)33-10-12-38-13-11-33/h4-9,14-15H,2-3,10-13,16H2,1H3,(H,31,35). The van der Waals surface area contributed by atoms with Gasteiger partial charge in [0.1, 0.15) is 15.7 Å². The average molecular weight is 615 g/mol. The second kappa shape index (κ2) is 12.2. The molecule has 1 aromatic carbocycles. The zero-order valence-electron chi connectivity index (χ0n) is 21.4. The molecule has 1 aliphatic rings. The number of aromatic nitrogens is 1. The summed E-state index contributed by atoms with van der Waals surface area (Å²) in [6.45, 7) is 7.38. The zero-order chi connectivity index (χ0) is 29.1. The molecule has 0 spiro atoms. The summed E-state index contributed by atoms with van der Waals surface area (Å²) in [6.07, 6.45) is -4.46. The van der Waals surface area contributed by atoms with Crippen LogP contribution in [0.2, 0.25) is 4.34 Å². The number of ether oxygens (including phenoxy) is 1. The van der Waals surface area contributed by atoms with E-state index in [2.05, 4.69) is 16.9 Å². The van der Waals surface area contributed by atoms with E-state index in [1.807, 2.05) is 4.90 Å². The van der Waals surface area contributed by atoms with Crippen molar-refractivity contribution >= 4 is 44.7 Å². The van der Waals surface area contributed by atoms with E-state index in [4.69, 9.17) is 16.3 Å². The minimum Gasteiger partial charge on any atom is -0.378 e. The van der Waals surface area contributed by atoms with Gasteiger partial charge in [-0.2, -0.15) is 13.2 Å². The van der Waals surface area contributed by atoms with Gasteiger partial charge in [0.2, 0.25) is 0 Å². The number of halogens is 4. The number of benzene rings is 1. The first-order valence-corrected chi connectivity index (χ1v) is 14.8. The number of alkyl halides is 3. The fourth-order valence-electron chi connectivity index (χ4n) is 4.05. The summed E-state index contributed by atoms with van der Waals surface area (Å²) in [5.41, 5.74) is 0.471. The predicted molar refractivity (Wildman–Crippen MR) is 148 cm³/mol. The molecule has 0 saturated carbocycles. The third kappa shape index (κ3) is 6.77. The number of thiophene rings is 1. The van der Waals surface area contributed by atoms with Crippen LogP contribution in [0.15, 0.2) is 65.0 Å². The monoisotopic (exact) mass is 614 g/mol. The van der Waals surface area contributed by atoms with Gasteiger partial charge in [0.25, 0.3) is 15.9 Å². The Morgan fingerprint density at radius 2 is 1.85 bits per heavy atom. The number of hydrogen-bond donors (Lipinski definition) is 1. The second-order valence-electron chi connectivity index (χ2n) is 8.75. The van der Waals surface area contributed by atoms with Crippen molar-refractivity contribution in [3.05, 3.63) is 76.3 Å². The molecule has 0 atom stereocenters. The minimum atomic E-state index is -4.46. The summed E-state index contributed by atoms with van der Waals surface area (Å²) < 4.78 is 71.9. The zero-order valence-corrected chi connectivity index (χ0v) is 23.8. The molecule has 0 unspecified atom stereocenters. The molecule has 3 aromatic rings. The van der Waals surface area contributed by atoms with Crippen molar-refractivity contribution < 1.29 is 31.1 Å². The van der Waals surface area contributed by atoms with Gasteiger partial charge >= 0.3 is 6.18 Å². The summed E-state index contributed by atoms with van der Waals surface area (Å²) in [6, 6.07) is 10.9. The van der Waals surface area contributed by atoms with Gasteiger partial charge in [-0.3, -0.25) is 9.10 Å². The van der Waals surface area contributed by atoms with Gasteiger partial charge in [-0.05, 0) is 48.9 Å². The number of morpholine rings is 1. The highest BCUT2D eigenvalue weighted by Crippen LogP contribution is 2.32. The van der Waals surface area contributed by atoms with Crippen molar-refractivity contribution in [2.45, 2.75) is 23.9 Å². The molecule has 1 saturated heterocycles. The van der Waals surface area contributed by atoms with Crippen LogP contribution in [0.3, 0.4) is 0 Å². The van der Waals surface area contributed by atoms with Crippen molar-refractivity contribution in [1.82, 2.24) is 14.6 Å². The highest BCUT2D eigenvalue weighted by molar-refractivity contribution is 7.91. The van der Waals surface area contributed by atoms with Crippen LogP contribution in [0.1, 0.15) is 18.1 Å². The molecule has 14 heteroatoms. The summed E-state index contributed by atoms with van der Waals surface area (Å²) in [5.74, 6) is -0.120. The number of hydrogen-bond acceptors (Lipinski definition) is 7. The van der Waals surface area contributed by atoms with Gasteiger partial charge in [0.15, 0.2) is 0 Å². The summed E-state index contributed by atoms with van der Waals surface area (Å²) in [4.78, 5) is 19.6. The molecule has 1 amide bonds. The van der Waals surface area contributed by atoms with Crippen LogP contribution in [0, 0.1) is 0 Å². The molecule has 214 valence electrons. The van der Waals surface area contributed by atoms with Crippen LogP contribution in [0.5, 0.6) is 0 Å². The van der Waals surface area contributed by atoms with E-state index in [0.29, 0.717) is 53.3 Å². The number of amides is 1. The fourth-order valence-corrected chi connectivity index (χ4v) is 7.10. The van der Waals surface area contributed by atoms with Crippen molar-refractivity contribution in [3.63, 3.8) is 0 Å². The van der Waals surface area contributed by atoms with Gasteiger partial charge in [-0.25, -0.2) is 13.4 Å². The van der Waals surface area contributed by atoms with E-state index < -0.39 is 27.7 Å². The Kier molecular flexibility index (Phi) is 9.08. The molecular formula is C26H26ClF3N4O4S2. The maximum Gasteiger partial charge on any atom is 0.416 e. The van der Waals surface area contributed by atoms with Crippen LogP contribution in [0.25, 0.3) is 11.3 Å². The molecule has 4 rings (SSSR count). The molecule has 2 aromatic heterocycles. The number of pyridine rings is 1. The van der Waals surface area contributed by atoms with E-state index in [1.165, 1.54) is 24.3 Å². The Hall–Kier alpha value is -3.13. The minimum absolute atomic E-state index is 0.00617. The van der Waals surface area contributed by atoms with Crippen LogP contribution in [-0.4, -0.2) is 56.5 Å². The molecule has 40 heavy (non-hydrogen) atoms. The summed E-state index contributed by atoms with van der Waals surface area (Å²) >= 11 is 6.77.